The summed E-state index contributed by atoms with van der Waals surface area (Å²) >= 11 is 6.81. The van der Waals surface area contributed by atoms with E-state index in [1.807, 2.05) is 0 Å². The van der Waals surface area contributed by atoms with Crippen molar-refractivity contribution < 1.29 is 31.8 Å². The number of ether oxygens (including phenoxy) is 1. The number of carbonyl (C=O) groups is 3. The fraction of sp³-hybridized carbons (Fsp3) is 0.381. The highest BCUT2D eigenvalue weighted by molar-refractivity contribution is 9.13. The van der Waals surface area contributed by atoms with Crippen molar-refractivity contribution >= 4 is 60.0 Å². The summed E-state index contributed by atoms with van der Waals surface area (Å²) in [6.45, 7) is 3.61. The lowest BCUT2D eigenvalue weighted by Crippen LogP contribution is -2.63. The number of benzene rings is 1. The maximum absolute atomic E-state index is 13.7. The van der Waals surface area contributed by atoms with Gasteiger partial charge in [0.15, 0.2) is 11.8 Å². The number of amides is 4. The lowest BCUT2D eigenvalue weighted by atomic mass is 10.0. The zero-order valence-electron chi connectivity index (χ0n) is 18.6. The maximum atomic E-state index is 13.7. The van der Waals surface area contributed by atoms with Gasteiger partial charge < -0.3 is 14.2 Å². The van der Waals surface area contributed by atoms with Crippen LogP contribution in [0.2, 0.25) is 0 Å². The second-order valence-electron chi connectivity index (χ2n) is 8.34. The standard InChI is InChI=1S/C21H20Br2N4O7S/c1-3-33-20(30)26-18-21(9-4-10-24(21)17(28)15-11-14(22)16(23)25(15)18)27(19(26)29)34-35(31,32)13-7-5-12(2)6-8-13/h5-8,11,18H,3-4,9-10H2,1-2H3/t18-,21-/m1/s1. The number of aryl methyl sites for hydroxylation is 1. The lowest BCUT2D eigenvalue weighted by molar-refractivity contribution is -0.144. The van der Waals surface area contributed by atoms with Gasteiger partial charge in [-0.1, -0.05) is 17.7 Å². The highest BCUT2D eigenvalue weighted by atomic mass is 79.9. The number of hydrogen-bond acceptors (Lipinski definition) is 7. The molecule has 2 aromatic rings. The summed E-state index contributed by atoms with van der Waals surface area (Å²) in [4.78, 5) is 42.3. The molecule has 2 fully saturated rings. The van der Waals surface area contributed by atoms with Gasteiger partial charge in [-0.25, -0.2) is 14.5 Å². The van der Waals surface area contributed by atoms with Gasteiger partial charge in [0.1, 0.15) is 10.3 Å². The zero-order valence-corrected chi connectivity index (χ0v) is 22.6. The molecule has 1 aromatic carbocycles. The fourth-order valence-electron chi connectivity index (χ4n) is 4.91. The molecule has 3 aliphatic rings. The number of carbonyl (C=O) groups excluding carboxylic acids is 3. The fourth-order valence-corrected chi connectivity index (χ4v) is 6.76. The van der Waals surface area contributed by atoms with Gasteiger partial charge in [-0.2, -0.15) is 13.5 Å². The zero-order chi connectivity index (χ0) is 25.3. The molecule has 2 atom stereocenters. The minimum Gasteiger partial charge on any atom is -0.449 e. The molecule has 0 N–H and O–H groups in total. The van der Waals surface area contributed by atoms with Gasteiger partial charge in [0.25, 0.3) is 5.91 Å². The van der Waals surface area contributed by atoms with E-state index in [-0.39, 0.29) is 30.2 Å². The van der Waals surface area contributed by atoms with Crippen LogP contribution in [-0.4, -0.2) is 64.7 Å². The molecule has 14 heteroatoms. The second-order valence-corrected chi connectivity index (χ2v) is 11.5. The molecular formula is C21H20Br2N4O7S. The van der Waals surface area contributed by atoms with Crippen LogP contribution < -0.4 is 0 Å². The van der Waals surface area contributed by atoms with Crippen LogP contribution in [0.3, 0.4) is 0 Å². The highest BCUT2D eigenvalue weighted by Crippen LogP contribution is 2.55. The van der Waals surface area contributed by atoms with E-state index >= 15 is 0 Å². The second kappa shape index (κ2) is 8.32. The summed E-state index contributed by atoms with van der Waals surface area (Å²) in [5.41, 5.74) is -0.549. The normalized spacial score (nSPS) is 23.4. The molecule has 186 valence electrons. The number of hydrogen-bond donors (Lipinski definition) is 0. The van der Waals surface area contributed by atoms with Crippen LogP contribution in [-0.2, 0) is 19.1 Å². The Balaban J connectivity index is 1.70. The summed E-state index contributed by atoms with van der Waals surface area (Å²) in [5.74, 6) is -0.426. The first-order valence-corrected chi connectivity index (χ1v) is 13.7. The molecule has 0 saturated carbocycles. The summed E-state index contributed by atoms with van der Waals surface area (Å²) in [6, 6.07) is 6.45. The van der Waals surface area contributed by atoms with Gasteiger partial charge in [0.05, 0.1) is 16.0 Å². The van der Waals surface area contributed by atoms with Gasteiger partial charge in [0, 0.05) is 6.54 Å². The molecule has 35 heavy (non-hydrogen) atoms. The highest BCUT2D eigenvalue weighted by Gasteiger charge is 2.71. The number of aromatic nitrogens is 1. The van der Waals surface area contributed by atoms with Gasteiger partial charge in [0.2, 0.25) is 0 Å². The van der Waals surface area contributed by atoms with E-state index in [0.29, 0.717) is 20.6 Å². The number of rotatable bonds is 4. The monoisotopic (exact) mass is 630 g/mol. The van der Waals surface area contributed by atoms with Crippen molar-refractivity contribution in [2.75, 3.05) is 13.2 Å². The van der Waals surface area contributed by atoms with E-state index in [2.05, 4.69) is 31.9 Å². The van der Waals surface area contributed by atoms with Gasteiger partial charge in [-0.3, -0.25) is 4.79 Å². The minimum atomic E-state index is -4.49. The molecule has 3 aliphatic heterocycles. The smallest absolute Gasteiger partial charge is 0.419 e. The third-order valence-corrected chi connectivity index (χ3v) is 9.51. The van der Waals surface area contributed by atoms with E-state index < -0.39 is 40.0 Å². The first-order chi connectivity index (χ1) is 16.5. The van der Waals surface area contributed by atoms with Crippen LogP contribution in [0.15, 0.2) is 44.3 Å². The van der Waals surface area contributed by atoms with Gasteiger partial charge >= 0.3 is 22.2 Å². The first-order valence-electron chi connectivity index (χ1n) is 10.7. The molecule has 1 spiro atoms. The average Bonchev–Trinajstić information content (AvgIpc) is 3.44. The van der Waals surface area contributed by atoms with Crippen LogP contribution >= 0.6 is 31.9 Å². The molecule has 2 saturated heterocycles. The Morgan fingerprint density at radius 3 is 2.54 bits per heavy atom. The largest absolute Gasteiger partial charge is 0.449 e. The van der Waals surface area contributed by atoms with Gasteiger partial charge in [-0.15, -0.1) is 4.28 Å². The molecular weight excluding hydrogens is 612 g/mol. The number of nitrogens with zero attached hydrogens (tertiary/aromatic N) is 4. The quantitative estimate of drug-likeness (QED) is 0.501. The Labute approximate surface area is 217 Å². The van der Waals surface area contributed by atoms with Crippen LogP contribution in [0.25, 0.3) is 0 Å². The van der Waals surface area contributed by atoms with Crippen molar-refractivity contribution in [1.29, 1.82) is 0 Å². The Hall–Kier alpha value is -2.42. The average molecular weight is 632 g/mol. The van der Waals surface area contributed by atoms with Crippen LogP contribution in [0.4, 0.5) is 9.59 Å². The molecule has 1 aromatic heterocycles. The SMILES string of the molecule is CCOC(=O)N1C(=O)N(OS(=O)(=O)c2ccc(C)cc2)[C@@]23CCCN2C(=O)c2cc(Br)c(Br)n2[C@H]13. The van der Waals surface area contributed by atoms with E-state index in [9.17, 15) is 22.8 Å². The molecule has 4 amide bonds. The van der Waals surface area contributed by atoms with E-state index in [4.69, 9.17) is 9.02 Å². The van der Waals surface area contributed by atoms with Crippen molar-refractivity contribution in [1.82, 2.24) is 19.4 Å². The van der Waals surface area contributed by atoms with E-state index in [1.165, 1.54) is 21.6 Å². The molecule has 4 heterocycles. The minimum absolute atomic E-state index is 0.0170. The Morgan fingerprint density at radius 2 is 1.89 bits per heavy atom. The number of imide groups is 1. The van der Waals surface area contributed by atoms with Crippen LogP contribution in [0.1, 0.15) is 42.0 Å². The van der Waals surface area contributed by atoms with E-state index in [0.717, 1.165) is 10.5 Å². The summed E-state index contributed by atoms with van der Waals surface area (Å²) in [7, 11) is -4.49. The predicted octanol–water partition coefficient (Wildman–Crippen LogP) is 3.98. The Kier molecular flexibility index (Phi) is 5.77. The molecule has 0 unspecified atom stereocenters. The molecule has 5 rings (SSSR count). The summed E-state index contributed by atoms with van der Waals surface area (Å²) in [6.07, 6.45) is -1.49. The van der Waals surface area contributed by atoms with Crippen molar-refractivity contribution in [3.63, 3.8) is 0 Å². The number of hydroxylamine groups is 2. The number of halogens is 2. The molecule has 0 radical (unpaired) electrons. The van der Waals surface area contributed by atoms with Crippen LogP contribution in [0, 0.1) is 6.92 Å². The Bertz CT molecular complexity index is 1360. The van der Waals surface area contributed by atoms with Gasteiger partial charge in [-0.05, 0) is 76.7 Å². The Morgan fingerprint density at radius 1 is 1.20 bits per heavy atom. The van der Waals surface area contributed by atoms with Crippen molar-refractivity contribution in [3.8, 4) is 0 Å². The molecule has 0 bridgehead atoms. The van der Waals surface area contributed by atoms with Crippen molar-refractivity contribution in [3.05, 3.63) is 50.7 Å². The maximum Gasteiger partial charge on any atom is 0.419 e. The summed E-state index contributed by atoms with van der Waals surface area (Å²) in [5, 5.41) is 0.651. The molecule has 0 aliphatic carbocycles. The summed E-state index contributed by atoms with van der Waals surface area (Å²) < 4.78 is 39.5. The third-order valence-electron chi connectivity index (χ3n) is 6.37. The van der Waals surface area contributed by atoms with Crippen LogP contribution in [0.5, 0.6) is 0 Å². The topological polar surface area (TPSA) is 118 Å². The first kappa shape index (κ1) is 24.3. The van der Waals surface area contributed by atoms with E-state index in [1.54, 1.807) is 32.0 Å². The number of urea groups is 1. The molecule has 11 nitrogen and oxygen atoms in total. The van der Waals surface area contributed by atoms with Crippen molar-refractivity contribution in [2.45, 2.75) is 43.4 Å². The van der Waals surface area contributed by atoms with Crippen molar-refractivity contribution in [2.24, 2.45) is 0 Å². The lowest BCUT2D eigenvalue weighted by Gasteiger charge is -2.46. The number of fused-ring (bicyclic) bond motifs is 2. The third kappa shape index (κ3) is 3.37. The predicted molar refractivity (Wildman–Crippen MR) is 127 cm³/mol.